The van der Waals surface area contributed by atoms with Gasteiger partial charge in [0.15, 0.2) is 5.69 Å². The van der Waals surface area contributed by atoms with Gasteiger partial charge in [-0.3, -0.25) is 4.79 Å². The zero-order chi connectivity index (χ0) is 14.1. The molecule has 1 atom stereocenters. The van der Waals surface area contributed by atoms with Crippen molar-refractivity contribution in [3.8, 4) is 0 Å². The molecule has 0 aromatic carbocycles. The molecule has 1 unspecified atom stereocenters. The van der Waals surface area contributed by atoms with E-state index in [9.17, 15) is 4.79 Å². The van der Waals surface area contributed by atoms with Crippen LogP contribution < -0.4 is 10.6 Å². The Hall–Kier alpha value is -1.69. The van der Waals surface area contributed by atoms with Crippen molar-refractivity contribution < 1.29 is 9.53 Å². The summed E-state index contributed by atoms with van der Waals surface area (Å²) in [6.45, 7) is 7.84. The highest BCUT2D eigenvalue weighted by molar-refractivity contribution is 5.92. The highest BCUT2D eigenvalue weighted by Crippen LogP contribution is 2.02. The van der Waals surface area contributed by atoms with Crippen molar-refractivity contribution in [3.63, 3.8) is 0 Å². The van der Waals surface area contributed by atoms with Crippen LogP contribution in [0.25, 0.3) is 0 Å². The second-order valence-corrected chi connectivity index (χ2v) is 4.26. The zero-order valence-corrected chi connectivity index (χ0v) is 11.8. The predicted molar refractivity (Wildman–Crippen MR) is 74.2 cm³/mol. The van der Waals surface area contributed by atoms with Gasteiger partial charge >= 0.3 is 0 Å². The average Bonchev–Trinajstić information content (AvgIpc) is 2.43. The van der Waals surface area contributed by atoms with Gasteiger partial charge in [-0.25, -0.2) is 0 Å². The first kappa shape index (κ1) is 15.4. The number of anilines is 1. The number of rotatable bonds is 8. The molecule has 2 N–H and O–H groups in total. The largest absolute Gasteiger partial charge is 0.380 e. The summed E-state index contributed by atoms with van der Waals surface area (Å²) >= 11 is 0. The van der Waals surface area contributed by atoms with Gasteiger partial charge in [0.2, 0.25) is 0 Å². The lowest BCUT2D eigenvalue weighted by Gasteiger charge is -2.13. The molecule has 6 nitrogen and oxygen atoms in total. The molecule has 0 saturated heterocycles. The molecule has 0 fully saturated rings. The molecule has 106 valence electrons. The Morgan fingerprint density at radius 1 is 1.37 bits per heavy atom. The Balaban J connectivity index is 2.48. The van der Waals surface area contributed by atoms with Crippen molar-refractivity contribution in [2.45, 2.75) is 33.2 Å². The van der Waals surface area contributed by atoms with Crippen LogP contribution >= 0.6 is 0 Å². The van der Waals surface area contributed by atoms with Crippen LogP contribution in [0.15, 0.2) is 12.1 Å². The SMILES string of the molecule is CCCNc1ccc(C(=O)NC(C)COCC)nn1. The summed E-state index contributed by atoms with van der Waals surface area (Å²) in [5.74, 6) is 0.447. The Kier molecular flexibility index (Phi) is 6.81. The molecule has 0 spiro atoms. The lowest BCUT2D eigenvalue weighted by Crippen LogP contribution is -2.36. The summed E-state index contributed by atoms with van der Waals surface area (Å²) in [6, 6.07) is 3.37. The third kappa shape index (κ3) is 5.65. The monoisotopic (exact) mass is 266 g/mol. The molecule has 0 bridgehead atoms. The van der Waals surface area contributed by atoms with Gasteiger partial charge in [-0.1, -0.05) is 6.92 Å². The van der Waals surface area contributed by atoms with Crippen molar-refractivity contribution in [2.24, 2.45) is 0 Å². The van der Waals surface area contributed by atoms with Gasteiger partial charge in [0.05, 0.1) is 6.61 Å². The number of hydrogen-bond acceptors (Lipinski definition) is 5. The van der Waals surface area contributed by atoms with Gasteiger partial charge in [0.25, 0.3) is 5.91 Å². The number of amides is 1. The van der Waals surface area contributed by atoms with Crippen molar-refractivity contribution in [1.82, 2.24) is 15.5 Å². The summed E-state index contributed by atoms with van der Waals surface area (Å²) in [7, 11) is 0. The molecule has 19 heavy (non-hydrogen) atoms. The molecule has 1 amide bonds. The first-order chi connectivity index (χ1) is 9.17. The van der Waals surface area contributed by atoms with Crippen molar-refractivity contribution >= 4 is 11.7 Å². The first-order valence-corrected chi connectivity index (χ1v) is 6.63. The molecule has 0 aliphatic carbocycles. The molecule has 1 rings (SSSR count). The minimum absolute atomic E-state index is 0.0489. The van der Waals surface area contributed by atoms with Crippen LogP contribution in [-0.2, 0) is 4.74 Å². The van der Waals surface area contributed by atoms with Crippen LogP contribution in [0.5, 0.6) is 0 Å². The lowest BCUT2D eigenvalue weighted by atomic mass is 10.3. The van der Waals surface area contributed by atoms with E-state index in [0.29, 0.717) is 24.7 Å². The molecule has 0 aliphatic rings. The standard InChI is InChI=1S/C13H22N4O2/c1-4-8-14-12-7-6-11(16-17-12)13(18)15-10(3)9-19-5-2/h6-7,10H,4-5,8-9H2,1-3H3,(H,14,17)(H,15,18). The number of carbonyl (C=O) groups is 1. The first-order valence-electron chi connectivity index (χ1n) is 6.63. The lowest BCUT2D eigenvalue weighted by molar-refractivity contribution is 0.0866. The maximum absolute atomic E-state index is 11.9. The molecular formula is C13H22N4O2. The normalized spacial score (nSPS) is 11.9. The van der Waals surface area contributed by atoms with Gasteiger partial charge in [0, 0.05) is 19.2 Å². The fourth-order valence-electron chi connectivity index (χ4n) is 1.43. The second kappa shape index (κ2) is 8.42. The van der Waals surface area contributed by atoms with Crippen molar-refractivity contribution in [1.29, 1.82) is 0 Å². The Labute approximate surface area is 113 Å². The van der Waals surface area contributed by atoms with E-state index in [1.54, 1.807) is 12.1 Å². The van der Waals surface area contributed by atoms with Gasteiger partial charge < -0.3 is 15.4 Å². The zero-order valence-electron chi connectivity index (χ0n) is 11.8. The quantitative estimate of drug-likeness (QED) is 0.745. The number of nitrogens with zero attached hydrogens (tertiary/aromatic N) is 2. The average molecular weight is 266 g/mol. The van der Waals surface area contributed by atoms with Gasteiger partial charge in [-0.05, 0) is 32.4 Å². The highest BCUT2D eigenvalue weighted by Gasteiger charge is 2.11. The molecule has 0 aliphatic heterocycles. The number of ether oxygens (including phenoxy) is 1. The van der Waals surface area contributed by atoms with Crippen LogP contribution in [0.3, 0.4) is 0 Å². The summed E-state index contributed by atoms with van der Waals surface area (Å²) in [6.07, 6.45) is 1.01. The van der Waals surface area contributed by atoms with E-state index < -0.39 is 0 Å². The molecular weight excluding hydrogens is 244 g/mol. The Morgan fingerprint density at radius 2 is 2.16 bits per heavy atom. The number of hydrogen-bond donors (Lipinski definition) is 2. The number of carbonyl (C=O) groups excluding carboxylic acids is 1. The van der Waals surface area contributed by atoms with Crippen LogP contribution in [0.1, 0.15) is 37.7 Å². The summed E-state index contributed by atoms with van der Waals surface area (Å²) in [5.41, 5.74) is 0.311. The van der Waals surface area contributed by atoms with Crippen LogP contribution in [0.4, 0.5) is 5.82 Å². The third-order valence-electron chi connectivity index (χ3n) is 2.40. The van der Waals surface area contributed by atoms with Crippen molar-refractivity contribution in [2.75, 3.05) is 25.1 Å². The topological polar surface area (TPSA) is 76.1 Å². The molecule has 1 aromatic rings. The Bertz CT molecular complexity index is 381. The molecule has 0 radical (unpaired) electrons. The fourth-order valence-corrected chi connectivity index (χ4v) is 1.43. The smallest absolute Gasteiger partial charge is 0.272 e. The second-order valence-electron chi connectivity index (χ2n) is 4.26. The summed E-state index contributed by atoms with van der Waals surface area (Å²) in [4.78, 5) is 11.9. The number of aromatic nitrogens is 2. The van der Waals surface area contributed by atoms with Crippen LogP contribution in [-0.4, -0.2) is 41.9 Å². The highest BCUT2D eigenvalue weighted by atomic mass is 16.5. The van der Waals surface area contributed by atoms with Gasteiger partial charge in [0.1, 0.15) is 5.82 Å². The summed E-state index contributed by atoms with van der Waals surface area (Å²) in [5, 5.41) is 13.8. The van der Waals surface area contributed by atoms with Crippen LogP contribution in [0.2, 0.25) is 0 Å². The molecule has 1 heterocycles. The van der Waals surface area contributed by atoms with E-state index >= 15 is 0 Å². The molecule has 0 saturated carbocycles. The van der Waals surface area contributed by atoms with Crippen molar-refractivity contribution in [3.05, 3.63) is 17.8 Å². The Morgan fingerprint density at radius 3 is 2.74 bits per heavy atom. The maximum atomic E-state index is 11.9. The molecule has 1 aromatic heterocycles. The number of nitrogens with one attached hydrogen (secondary N) is 2. The van der Waals surface area contributed by atoms with Crippen LogP contribution in [0, 0.1) is 0 Å². The third-order valence-corrected chi connectivity index (χ3v) is 2.40. The van der Waals surface area contributed by atoms with E-state index in [-0.39, 0.29) is 11.9 Å². The van der Waals surface area contributed by atoms with E-state index in [1.807, 2.05) is 13.8 Å². The minimum Gasteiger partial charge on any atom is -0.380 e. The van der Waals surface area contributed by atoms with E-state index in [2.05, 4.69) is 27.8 Å². The maximum Gasteiger partial charge on any atom is 0.272 e. The molecule has 6 heteroatoms. The van der Waals surface area contributed by atoms with Gasteiger partial charge in [-0.2, -0.15) is 0 Å². The van der Waals surface area contributed by atoms with E-state index in [1.165, 1.54) is 0 Å². The van der Waals surface area contributed by atoms with Gasteiger partial charge in [-0.15, -0.1) is 10.2 Å². The summed E-state index contributed by atoms with van der Waals surface area (Å²) < 4.78 is 5.23. The van der Waals surface area contributed by atoms with E-state index in [4.69, 9.17) is 4.74 Å². The fraction of sp³-hybridized carbons (Fsp3) is 0.615. The predicted octanol–water partition coefficient (Wildman–Crippen LogP) is 1.45. The minimum atomic E-state index is -0.234. The van der Waals surface area contributed by atoms with E-state index in [0.717, 1.165) is 13.0 Å².